The summed E-state index contributed by atoms with van der Waals surface area (Å²) in [4.78, 5) is 40.2. The van der Waals surface area contributed by atoms with E-state index in [1.807, 2.05) is 0 Å². The Hall–Kier alpha value is -2.72. The number of aromatic amines is 1. The van der Waals surface area contributed by atoms with Gasteiger partial charge in [0.15, 0.2) is 5.65 Å². The molecule has 0 bridgehead atoms. The van der Waals surface area contributed by atoms with Gasteiger partial charge in [0.2, 0.25) is 5.91 Å². The normalized spacial score (nSPS) is 27.9. The molecule has 0 radical (unpaired) electrons. The summed E-state index contributed by atoms with van der Waals surface area (Å²) in [6, 6.07) is 2.83. The number of ether oxygens (including phenoxy) is 1. The van der Waals surface area contributed by atoms with Gasteiger partial charge in [0.25, 0.3) is 11.5 Å². The molecule has 3 unspecified atom stereocenters. The second-order valence-corrected chi connectivity index (χ2v) is 8.28. The third-order valence-corrected chi connectivity index (χ3v) is 6.12. The number of aliphatic hydroxyl groups is 1. The topological polar surface area (TPSA) is 138 Å². The fourth-order valence-corrected chi connectivity index (χ4v) is 4.36. The minimum atomic E-state index is -1.03. The van der Waals surface area contributed by atoms with Crippen molar-refractivity contribution in [1.82, 2.24) is 25.2 Å². The fraction of sp³-hybridized carbons (Fsp3) is 0.579. The van der Waals surface area contributed by atoms with Crippen LogP contribution in [0.4, 0.5) is 0 Å². The highest BCUT2D eigenvalue weighted by Crippen LogP contribution is 2.45. The van der Waals surface area contributed by atoms with Gasteiger partial charge in [0.1, 0.15) is 17.9 Å². The molecule has 0 spiro atoms. The van der Waals surface area contributed by atoms with Crippen LogP contribution in [-0.4, -0.2) is 56.8 Å². The molecule has 0 aromatic carbocycles. The van der Waals surface area contributed by atoms with Gasteiger partial charge in [-0.15, -0.1) is 0 Å². The Morgan fingerprint density at radius 3 is 2.97 bits per heavy atom. The molecule has 2 aliphatic carbocycles. The standard InChI is InChI=1S/C19H23N5O5/c25-16-7-15-21-12(6-14(24(15)23-16)19(28)3-4-19)18(27)20-8-10-1-2-13-11(5-10)22-17(26)9-29-13/h6-7,10-11,13,28H,1-5,8-9H2,(H,20,27)(H,22,26)(H,23,25). The Bertz CT molecular complexity index is 1040. The quantitative estimate of drug-likeness (QED) is 0.541. The average Bonchev–Trinajstić information content (AvgIpc) is 3.33. The third kappa shape index (κ3) is 3.42. The molecular weight excluding hydrogens is 378 g/mol. The van der Waals surface area contributed by atoms with Crippen molar-refractivity contribution in [3.05, 3.63) is 33.9 Å². The van der Waals surface area contributed by atoms with Gasteiger partial charge in [-0.05, 0) is 44.1 Å². The lowest BCUT2D eigenvalue weighted by Gasteiger charge is -2.39. The fourth-order valence-electron chi connectivity index (χ4n) is 4.36. The number of aromatic nitrogens is 3. The number of nitrogens with one attached hydrogen (secondary N) is 3. The molecule has 3 aliphatic rings. The SMILES string of the molecule is O=C1COC2CCC(CNC(=O)c3cc(C4(O)CC4)n4[nH]c(=O)cc4n3)CC2N1. The predicted molar refractivity (Wildman–Crippen MR) is 100 cm³/mol. The molecule has 154 valence electrons. The van der Waals surface area contributed by atoms with Gasteiger partial charge < -0.3 is 20.5 Å². The zero-order valence-electron chi connectivity index (χ0n) is 15.8. The third-order valence-electron chi connectivity index (χ3n) is 6.12. The van der Waals surface area contributed by atoms with E-state index in [0.717, 1.165) is 19.3 Å². The average molecular weight is 401 g/mol. The van der Waals surface area contributed by atoms with E-state index < -0.39 is 5.60 Å². The van der Waals surface area contributed by atoms with Crippen molar-refractivity contribution in [1.29, 1.82) is 0 Å². The first-order chi connectivity index (χ1) is 13.9. The Balaban J connectivity index is 1.29. The summed E-state index contributed by atoms with van der Waals surface area (Å²) in [6.07, 6.45) is 3.71. The van der Waals surface area contributed by atoms with Crippen LogP contribution >= 0.6 is 0 Å². The molecule has 5 rings (SSSR count). The van der Waals surface area contributed by atoms with Gasteiger partial charge in [-0.25, -0.2) is 9.50 Å². The highest BCUT2D eigenvalue weighted by atomic mass is 16.5. The van der Waals surface area contributed by atoms with E-state index in [2.05, 4.69) is 20.7 Å². The molecule has 29 heavy (non-hydrogen) atoms. The predicted octanol–water partition coefficient (Wildman–Crippen LogP) is -0.582. The maximum atomic E-state index is 12.7. The molecular formula is C19H23N5O5. The van der Waals surface area contributed by atoms with Crippen molar-refractivity contribution >= 4 is 17.5 Å². The Kier molecular flexibility index (Phi) is 4.21. The van der Waals surface area contributed by atoms with Crippen LogP contribution < -0.4 is 16.2 Å². The summed E-state index contributed by atoms with van der Waals surface area (Å²) in [6.45, 7) is 0.581. The summed E-state index contributed by atoms with van der Waals surface area (Å²) in [5.41, 5.74) is -0.426. The molecule has 10 heteroatoms. The zero-order valence-corrected chi connectivity index (χ0v) is 15.8. The molecule has 3 heterocycles. The van der Waals surface area contributed by atoms with Crippen molar-refractivity contribution in [3.8, 4) is 0 Å². The molecule has 1 saturated heterocycles. The first-order valence-electron chi connectivity index (χ1n) is 9.96. The highest BCUT2D eigenvalue weighted by molar-refractivity contribution is 5.93. The van der Waals surface area contributed by atoms with Crippen molar-refractivity contribution in [3.63, 3.8) is 0 Å². The number of carbonyl (C=O) groups excluding carboxylic acids is 2. The lowest BCUT2D eigenvalue weighted by molar-refractivity contribution is -0.139. The van der Waals surface area contributed by atoms with E-state index in [0.29, 0.717) is 30.7 Å². The number of hydrogen-bond donors (Lipinski definition) is 4. The molecule has 2 aromatic heterocycles. The second kappa shape index (κ2) is 6.67. The van der Waals surface area contributed by atoms with Gasteiger partial charge >= 0.3 is 0 Å². The van der Waals surface area contributed by atoms with Gasteiger partial charge in [0.05, 0.1) is 17.8 Å². The van der Waals surface area contributed by atoms with Crippen LogP contribution in [0.3, 0.4) is 0 Å². The molecule has 1 aliphatic heterocycles. The number of fused-ring (bicyclic) bond motifs is 2. The van der Waals surface area contributed by atoms with E-state index in [1.54, 1.807) is 0 Å². The second-order valence-electron chi connectivity index (χ2n) is 8.28. The zero-order chi connectivity index (χ0) is 20.2. The van der Waals surface area contributed by atoms with E-state index in [9.17, 15) is 19.5 Å². The lowest BCUT2D eigenvalue weighted by Crippen LogP contribution is -2.55. The van der Waals surface area contributed by atoms with Crippen LogP contribution in [0.25, 0.3) is 5.65 Å². The Morgan fingerprint density at radius 2 is 2.17 bits per heavy atom. The summed E-state index contributed by atoms with van der Waals surface area (Å²) >= 11 is 0. The smallest absolute Gasteiger partial charge is 0.270 e. The number of amides is 2. The number of carbonyl (C=O) groups is 2. The van der Waals surface area contributed by atoms with Crippen LogP contribution in [0.15, 0.2) is 16.9 Å². The van der Waals surface area contributed by atoms with Crippen molar-refractivity contribution in [2.24, 2.45) is 5.92 Å². The largest absolute Gasteiger partial charge is 0.384 e. The van der Waals surface area contributed by atoms with Crippen LogP contribution in [0.1, 0.15) is 48.3 Å². The van der Waals surface area contributed by atoms with Crippen LogP contribution in [0, 0.1) is 5.92 Å². The number of nitrogens with zero attached hydrogens (tertiary/aromatic N) is 2. The first kappa shape index (κ1) is 18.3. The summed E-state index contributed by atoms with van der Waals surface area (Å²) < 4.78 is 7.01. The monoisotopic (exact) mass is 401 g/mol. The molecule has 3 atom stereocenters. The number of H-pyrrole nitrogens is 1. The molecule has 10 nitrogen and oxygen atoms in total. The van der Waals surface area contributed by atoms with Gasteiger partial charge in [0, 0.05) is 12.6 Å². The Labute approximate surface area is 165 Å². The number of morpholine rings is 1. The minimum Gasteiger partial charge on any atom is -0.384 e. The Morgan fingerprint density at radius 1 is 1.34 bits per heavy atom. The van der Waals surface area contributed by atoms with Gasteiger partial charge in [-0.3, -0.25) is 19.5 Å². The van der Waals surface area contributed by atoms with Crippen LogP contribution in [0.5, 0.6) is 0 Å². The molecule has 3 fully saturated rings. The lowest BCUT2D eigenvalue weighted by atomic mass is 9.83. The number of rotatable bonds is 4. The molecule has 2 amide bonds. The maximum Gasteiger partial charge on any atom is 0.270 e. The molecule has 2 saturated carbocycles. The summed E-state index contributed by atoms with van der Waals surface area (Å²) in [7, 11) is 0. The minimum absolute atomic E-state index is 0.0103. The van der Waals surface area contributed by atoms with Gasteiger partial charge in [-0.1, -0.05) is 0 Å². The first-order valence-corrected chi connectivity index (χ1v) is 9.96. The van der Waals surface area contributed by atoms with Gasteiger partial charge in [-0.2, -0.15) is 0 Å². The van der Waals surface area contributed by atoms with Crippen molar-refractivity contribution < 1.29 is 19.4 Å². The van der Waals surface area contributed by atoms with E-state index in [4.69, 9.17) is 4.74 Å². The highest BCUT2D eigenvalue weighted by Gasteiger charge is 2.45. The van der Waals surface area contributed by atoms with Crippen molar-refractivity contribution in [2.75, 3.05) is 13.2 Å². The van der Waals surface area contributed by atoms with E-state index in [1.165, 1.54) is 16.6 Å². The van der Waals surface area contributed by atoms with Crippen LogP contribution in [0.2, 0.25) is 0 Å². The van der Waals surface area contributed by atoms with E-state index >= 15 is 0 Å². The summed E-state index contributed by atoms with van der Waals surface area (Å²) in [5, 5.41) is 19.0. The maximum absolute atomic E-state index is 12.7. The van der Waals surface area contributed by atoms with Crippen molar-refractivity contribution in [2.45, 2.75) is 49.9 Å². The van der Waals surface area contributed by atoms with Crippen LogP contribution in [-0.2, 0) is 15.1 Å². The molecule has 2 aromatic rings. The molecule has 4 N–H and O–H groups in total. The summed E-state index contributed by atoms with van der Waals surface area (Å²) in [5.74, 6) is -0.216. The number of hydrogen-bond acceptors (Lipinski definition) is 6. The van der Waals surface area contributed by atoms with E-state index in [-0.39, 0.29) is 47.7 Å².